The number of aryl methyl sites for hydroxylation is 2. The Kier molecular flexibility index (Phi) is 15.0. The van der Waals surface area contributed by atoms with Crippen LogP contribution in [0.25, 0.3) is 0 Å². The van der Waals surface area contributed by atoms with Crippen LogP contribution in [0.15, 0.2) is 41.8 Å². The second-order valence-corrected chi connectivity index (χ2v) is 16.7. The van der Waals surface area contributed by atoms with Crippen molar-refractivity contribution < 1.29 is 58.6 Å². The van der Waals surface area contributed by atoms with E-state index in [1.807, 2.05) is 19.0 Å². The van der Waals surface area contributed by atoms with Gasteiger partial charge in [-0.2, -0.15) is 0 Å². The molecule has 3 aliphatic rings. The van der Waals surface area contributed by atoms with E-state index in [4.69, 9.17) is 14.2 Å². The predicted octanol–water partition coefficient (Wildman–Crippen LogP) is 0.240. The maximum absolute atomic E-state index is 14.0. The number of aliphatic imine (C=N–C) groups is 1. The number of nitrogens with zero attached hydrogens (tertiary/aromatic N) is 8. The first-order valence-corrected chi connectivity index (χ1v) is 21.7. The van der Waals surface area contributed by atoms with E-state index in [9.17, 15) is 44.4 Å². The average molecular weight is 933 g/mol. The average Bonchev–Trinajstić information content (AvgIpc) is 4.09. The summed E-state index contributed by atoms with van der Waals surface area (Å²) >= 11 is 0. The van der Waals surface area contributed by atoms with Crippen LogP contribution in [0.2, 0.25) is 0 Å². The third-order valence-corrected chi connectivity index (χ3v) is 11.5. The van der Waals surface area contributed by atoms with Gasteiger partial charge in [0.2, 0.25) is 17.6 Å². The van der Waals surface area contributed by atoms with Crippen LogP contribution in [0.5, 0.6) is 11.5 Å². The lowest BCUT2D eigenvalue weighted by Gasteiger charge is -2.40. The van der Waals surface area contributed by atoms with Crippen molar-refractivity contribution in [2.45, 2.75) is 68.8 Å². The van der Waals surface area contributed by atoms with Gasteiger partial charge in [0.25, 0.3) is 23.6 Å². The molecule has 24 nitrogen and oxygen atoms in total. The summed E-state index contributed by atoms with van der Waals surface area (Å²) in [5.74, 6) is -1.95. The number of imidazole rings is 2. The summed E-state index contributed by atoms with van der Waals surface area (Å²) in [5.41, 5.74) is 0.736. The molecule has 0 radical (unpaired) electrons. The number of aromatic nitrogens is 5. The van der Waals surface area contributed by atoms with Gasteiger partial charge in [0.1, 0.15) is 30.1 Å². The van der Waals surface area contributed by atoms with Crippen molar-refractivity contribution in [1.29, 1.82) is 0 Å². The van der Waals surface area contributed by atoms with E-state index in [1.165, 1.54) is 47.9 Å². The van der Waals surface area contributed by atoms with Crippen molar-refractivity contribution in [2.75, 3.05) is 70.0 Å². The number of carbonyl (C=O) groups excluding carboxylic acids is 5. The Morgan fingerprint density at radius 1 is 0.881 bits per heavy atom. The van der Waals surface area contributed by atoms with Gasteiger partial charge in [0.05, 0.1) is 43.3 Å². The molecule has 0 bridgehead atoms. The first-order valence-electron chi connectivity index (χ1n) is 21.7. The Hall–Kier alpha value is -6.70. The molecule has 24 heteroatoms. The van der Waals surface area contributed by atoms with E-state index >= 15 is 0 Å². The number of hydrogen-bond acceptors (Lipinski definition) is 16. The zero-order chi connectivity index (χ0) is 48.1. The van der Waals surface area contributed by atoms with Gasteiger partial charge < -0.3 is 79.4 Å². The fourth-order valence-corrected chi connectivity index (χ4v) is 8.01. The molecule has 6 atom stereocenters. The quantitative estimate of drug-likeness (QED) is 0.0620. The fraction of sp³-hybridized carbons (Fsp3) is 0.488. The standard InChI is InChI=1S/C43H56N12O12/c1-51(2)12-8-11-44-40(62)37-47-32(21-52(37)3)50-41(63)38-48-31(20-53(38)4)49-39(61)27-15-23(19-55(27)43-36(60)35(59)34(58)30(22-56)67-43)46-33(57)10-7-14-66-29-17-26-25(16-28(29)65-5)42(64)54-13-6-9-24(54)18-45-26/h15-21,24,30,34-36,43,56,58-60H,6-14,22H2,1-5H3,(H,44,62)(H,46,57)(H,49,61)(H,50,63)/t24-,30-,34-,35-,36-,43+/m1/s1. The number of amides is 5. The Morgan fingerprint density at radius 2 is 1.58 bits per heavy atom. The number of aliphatic hydroxyl groups is 4. The SMILES string of the molecule is COc1cc2c(cc1OCCCC(=O)Nc1cc(C(=O)Nc3cn(C)c(C(=O)Nc4cn(C)c(C(=O)NCCCN(C)C)n4)n3)n([C@H]3O[C@H](CO)[C@@H](O)[C@@H](O)[C@H]3O)c1)N=C[C@H]1CCCN1C2=O. The third-order valence-electron chi connectivity index (χ3n) is 11.5. The normalized spacial score (nSPS) is 21.1. The molecule has 2 saturated heterocycles. The molecular formula is C43H56N12O12. The summed E-state index contributed by atoms with van der Waals surface area (Å²) in [5, 5.41) is 52.6. The maximum atomic E-state index is 14.0. The number of anilines is 3. The number of carbonyl (C=O) groups is 5. The van der Waals surface area contributed by atoms with Crippen molar-refractivity contribution in [1.82, 2.24) is 38.8 Å². The molecule has 0 saturated carbocycles. The number of nitrogens with one attached hydrogen (secondary N) is 4. The van der Waals surface area contributed by atoms with E-state index < -0.39 is 60.9 Å². The summed E-state index contributed by atoms with van der Waals surface area (Å²) in [7, 11) is 8.45. The summed E-state index contributed by atoms with van der Waals surface area (Å²) in [6.45, 7) is 1.21. The van der Waals surface area contributed by atoms with Gasteiger partial charge in [-0.25, -0.2) is 9.97 Å². The number of aliphatic hydroxyl groups excluding tert-OH is 4. The molecule has 6 heterocycles. The molecule has 3 aliphatic heterocycles. The Labute approximate surface area is 384 Å². The first-order chi connectivity index (χ1) is 32.1. The third kappa shape index (κ3) is 10.8. The summed E-state index contributed by atoms with van der Waals surface area (Å²) in [6.07, 6.45) is 0.415. The molecule has 67 heavy (non-hydrogen) atoms. The summed E-state index contributed by atoms with van der Waals surface area (Å²) < 4.78 is 21.2. The minimum absolute atomic E-state index is 0.0455. The second kappa shape index (κ2) is 20.9. The number of fused-ring (bicyclic) bond motifs is 2. The van der Waals surface area contributed by atoms with Crippen LogP contribution in [-0.2, 0) is 23.6 Å². The molecule has 7 rings (SSSR count). The van der Waals surface area contributed by atoms with Crippen LogP contribution in [0, 0.1) is 0 Å². The lowest BCUT2D eigenvalue weighted by atomic mass is 9.98. The second-order valence-electron chi connectivity index (χ2n) is 16.7. The van der Waals surface area contributed by atoms with E-state index in [1.54, 1.807) is 30.3 Å². The molecular weight excluding hydrogens is 877 g/mol. The van der Waals surface area contributed by atoms with Crippen molar-refractivity contribution in [3.63, 3.8) is 0 Å². The van der Waals surface area contributed by atoms with E-state index in [2.05, 4.69) is 36.2 Å². The number of rotatable bonds is 18. The van der Waals surface area contributed by atoms with Crippen molar-refractivity contribution in [3.8, 4) is 11.5 Å². The molecule has 8 N–H and O–H groups in total. The molecule has 4 aromatic rings. The fourth-order valence-electron chi connectivity index (χ4n) is 8.01. The van der Waals surface area contributed by atoms with Crippen LogP contribution < -0.4 is 30.7 Å². The van der Waals surface area contributed by atoms with Crippen LogP contribution >= 0.6 is 0 Å². The van der Waals surface area contributed by atoms with Crippen molar-refractivity contribution in [2.24, 2.45) is 19.1 Å². The highest BCUT2D eigenvalue weighted by Crippen LogP contribution is 2.38. The lowest BCUT2D eigenvalue weighted by Crippen LogP contribution is -2.56. The largest absolute Gasteiger partial charge is 0.493 e. The predicted molar refractivity (Wildman–Crippen MR) is 240 cm³/mol. The molecule has 1 aromatic carbocycles. The molecule has 0 aliphatic carbocycles. The molecule has 2 fully saturated rings. The highest BCUT2D eigenvalue weighted by atomic mass is 16.6. The number of hydrogen-bond donors (Lipinski definition) is 8. The van der Waals surface area contributed by atoms with Crippen molar-refractivity contribution in [3.05, 3.63) is 59.7 Å². The minimum atomic E-state index is -1.80. The molecule has 0 spiro atoms. The van der Waals surface area contributed by atoms with Crippen LogP contribution in [0.4, 0.5) is 23.0 Å². The van der Waals surface area contributed by atoms with Gasteiger partial charge in [-0.3, -0.25) is 29.0 Å². The van der Waals surface area contributed by atoms with Gasteiger partial charge in [-0.15, -0.1) is 0 Å². The maximum Gasteiger partial charge on any atom is 0.292 e. The Bertz CT molecular complexity index is 2510. The Morgan fingerprint density at radius 3 is 2.27 bits per heavy atom. The minimum Gasteiger partial charge on any atom is -0.493 e. The number of benzene rings is 1. The Balaban J connectivity index is 1.01. The van der Waals surface area contributed by atoms with Crippen LogP contribution in [-0.4, -0.2) is 174 Å². The molecule has 360 valence electrons. The lowest BCUT2D eigenvalue weighted by molar-refractivity contribution is -0.251. The molecule has 0 unspecified atom stereocenters. The zero-order valence-electron chi connectivity index (χ0n) is 37.7. The number of methoxy groups -OCH3 is 1. The summed E-state index contributed by atoms with van der Waals surface area (Å²) in [6, 6.07) is 4.45. The van der Waals surface area contributed by atoms with E-state index in [0.29, 0.717) is 35.8 Å². The van der Waals surface area contributed by atoms with Gasteiger partial charge in [-0.05, 0) is 58.5 Å². The highest BCUT2D eigenvalue weighted by molar-refractivity contribution is 6.06. The highest BCUT2D eigenvalue weighted by Gasteiger charge is 2.45. The van der Waals surface area contributed by atoms with Crippen LogP contribution in [0.1, 0.15) is 80.4 Å². The smallest absolute Gasteiger partial charge is 0.292 e. The zero-order valence-corrected chi connectivity index (χ0v) is 37.7. The molecule has 5 amide bonds. The van der Waals surface area contributed by atoms with Gasteiger partial charge in [0, 0.05) is 64.5 Å². The van der Waals surface area contributed by atoms with Gasteiger partial charge in [0.15, 0.2) is 29.4 Å². The van der Waals surface area contributed by atoms with Gasteiger partial charge in [-0.1, -0.05) is 0 Å². The molecule has 3 aromatic heterocycles. The summed E-state index contributed by atoms with van der Waals surface area (Å²) in [4.78, 5) is 83.4. The number of ether oxygens (including phenoxy) is 3. The van der Waals surface area contributed by atoms with Gasteiger partial charge >= 0.3 is 0 Å². The van der Waals surface area contributed by atoms with Crippen LogP contribution in [0.3, 0.4) is 0 Å². The first kappa shape index (κ1) is 48.2. The monoisotopic (exact) mass is 932 g/mol. The van der Waals surface area contributed by atoms with E-state index in [0.717, 1.165) is 30.4 Å². The topological polar surface area (TPSA) is 301 Å². The van der Waals surface area contributed by atoms with Crippen molar-refractivity contribution >= 4 is 58.8 Å². The van der Waals surface area contributed by atoms with E-state index in [-0.39, 0.29) is 66.1 Å².